The van der Waals surface area contributed by atoms with E-state index in [0.29, 0.717) is 17.5 Å². The van der Waals surface area contributed by atoms with Crippen molar-refractivity contribution in [1.29, 1.82) is 0 Å². The molecule has 0 unspecified atom stereocenters. The molecule has 9 heteroatoms. The Hall–Kier alpha value is -3.13. The van der Waals surface area contributed by atoms with Crippen molar-refractivity contribution >= 4 is 40.7 Å². The van der Waals surface area contributed by atoms with Crippen LogP contribution < -0.4 is 10.2 Å². The van der Waals surface area contributed by atoms with Crippen molar-refractivity contribution in [3.63, 3.8) is 0 Å². The average Bonchev–Trinajstić information content (AvgIpc) is 3.58. The Morgan fingerprint density at radius 2 is 1.53 bits per heavy atom. The second-order valence-corrected chi connectivity index (χ2v) is 9.77. The topological polar surface area (TPSA) is 66.5 Å². The highest BCUT2D eigenvalue weighted by Crippen LogP contribution is 2.65. The number of halogens is 4. The van der Waals surface area contributed by atoms with E-state index in [1.165, 1.54) is 29.2 Å². The zero-order chi connectivity index (χ0) is 23.9. The van der Waals surface area contributed by atoms with E-state index < -0.39 is 17.6 Å². The third-order valence-electron chi connectivity index (χ3n) is 7.59. The number of hydrogen-bond donors (Lipinski definition) is 1. The van der Waals surface area contributed by atoms with Gasteiger partial charge in [-0.15, -0.1) is 0 Å². The molecule has 1 saturated heterocycles. The Labute approximate surface area is 197 Å². The summed E-state index contributed by atoms with van der Waals surface area (Å²) in [6.45, 7) is 0. The Bertz CT molecular complexity index is 1240. The summed E-state index contributed by atoms with van der Waals surface area (Å²) in [5.74, 6) is -0.478. The number of amides is 3. The summed E-state index contributed by atoms with van der Waals surface area (Å²) in [5.41, 5.74) is -0.569. The lowest BCUT2D eigenvalue weighted by Gasteiger charge is -2.37. The standard InChI is InChI=1S/C25H18ClF3N2O3/c26-18-8-3-12(25(27,28)29)9-19(18)30-22(32)11-1-4-13(5-2-11)31-23(33)20-14-6-7-15(17-10-16(14)17)21(20)24(31)34/h1-9,14-17,20-21H,10H2,(H,30,32)/t14-,15-,16-,17+,20+,21+/m0/s1. The van der Waals surface area contributed by atoms with E-state index in [0.717, 1.165) is 24.6 Å². The SMILES string of the molecule is O=C(Nc1cc(C(F)(F)F)ccc1Cl)c1ccc(N2C(=O)[C@@H]3[C@H]4C=C[C@@H]([C@@H]5C[C@H]45)[C@H]3C2=O)cc1. The van der Waals surface area contributed by atoms with Gasteiger partial charge in [-0.05, 0) is 72.6 Å². The van der Waals surface area contributed by atoms with Gasteiger partial charge in [-0.3, -0.25) is 19.3 Å². The van der Waals surface area contributed by atoms with E-state index >= 15 is 0 Å². The first-order valence-corrected chi connectivity index (χ1v) is 11.4. The maximum absolute atomic E-state index is 13.2. The first kappa shape index (κ1) is 21.4. The van der Waals surface area contributed by atoms with Crippen molar-refractivity contribution < 1.29 is 27.6 Å². The third-order valence-corrected chi connectivity index (χ3v) is 7.92. The Morgan fingerprint density at radius 1 is 0.941 bits per heavy atom. The molecular formula is C25H18ClF3N2O3. The molecule has 1 N–H and O–H groups in total. The molecule has 3 fully saturated rings. The minimum absolute atomic E-state index is 0.0323. The molecule has 0 spiro atoms. The molecule has 5 aliphatic rings. The monoisotopic (exact) mass is 486 g/mol. The first-order valence-electron chi connectivity index (χ1n) is 11.0. The van der Waals surface area contributed by atoms with Gasteiger partial charge in [-0.25, -0.2) is 0 Å². The van der Waals surface area contributed by atoms with Crippen LogP contribution in [0.1, 0.15) is 22.3 Å². The molecule has 1 heterocycles. The van der Waals surface area contributed by atoms with Gasteiger partial charge in [0.25, 0.3) is 5.91 Å². The fourth-order valence-electron chi connectivity index (χ4n) is 5.97. The van der Waals surface area contributed by atoms with Crippen LogP contribution in [-0.2, 0) is 15.8 Å². The zero-order valence-electron chi connectivity index (χ0n) is 17.6. The minimum Gasteiger partial charge on any atom is -0.321 e. The molecule has 0 radical (unpaired) electrons. The highest BCUT2D eigenvalue weighted by Gasteiger charge is 2.67. The van der Waals surface area contributed by atoms with Gasteiger partial charge in [0.15, 0.2) is 0 Å². The lowest BCUT2D eigenvalue weighted by molar-refractivity contribution is -0.137. The number of imide groups is 1. The molecule has 5 nitrogen and oxygen atoms in total. The normalized spacial score (nSPS) is 30.9. The summed E-state index contributed by atoms with van der Waals surface area (Å²) in [4.78, 5) is 40.2. The molecule has 7 rings (SSSR count). The summed E-state index contributed by atoms with van der Waals surface area (Å²) in [6.07, 6.45) is 0.699. The van der Waals surface area contributed by atoms with Crippen LogP contribution in [0.4, 0.5) is 24.5 Å². The van der Waals surface area contributed by atoms with E-state index in [9.17, 15) is 27.6 Å². The minimum atomic E-state index is -4.58. The highest BCUT2D eigenvalue weighted by atomic mass is 35.5. The molecular weight excluding hydrogens is 469 g/mol. The van der Waals surface area contributed by atoms with Crippen LogP contribution >= 0.6 is 11.6 Å². The fraction of sp³-hybridized carbons (Fsp3) is 0.320. The maximum Gasteiger partial charge on any atom is 0.416 e. The molecule has 2 bridgehead atoms. The number of benzene rings is 2. The summed E-state index contributed by atoms with van der Waals surface area (Å²) >= 11 is 5.95. The first-order chi connectivity index (χ1) is 16.1. The van der Waals surface area contributed by atoms with Crippen molar-refractivity contribution in [2.45, 2.75) is 12.6 Å². The number of hydrogen-bond acceptors (Lipinski definition) is 3. The van der Waals surface area contributed by atoms with Gasteiger partial charge in [-0.1, -0.05) is 23.8 Å². The summed E-state index contributed by atoms with van der Waals surface area (Å²) in [7, 11) is 0. The van der Waals surface area contributed by atoms with Crippen LogP contribution in [0.5, 0.6) is 0 Å². The average molecular weight is 487 g/mol. The fourth-order valence-corrected chi connectivity index (χ4v) is 6.13. The molecule has 3 amide bonds. The Morgan fingerprint density at radius 3 is 2.09 bits per heavy atom. The van der Waals surface area contributed by atoms with E-state index in [1.807, 2.05) is 0 Å². The maximum atomic E-state index is 13.2. The molecule has 1 aliphatic heterocycles. The number of nitrogens with zero attached hydrogens (tertiary/aromatic N) is 1. The largest absolute Gasteiger partial charge is 0.416 e. The number of anilines is 2. The Kier molecular flexibility index (Phi) is 4.52. The lowest BCUT2D eigenvalue weighted by atomic mass is 9.63. The number of carbonyl (C=O) groups excluding carboxylic acids is 3. The number of allylic oxidation sites excluding steroid dienone is 2. The van der Waals surface area contributed by atoms with Crippen LogP contribution in [0.15, 0.2) is 54.6 Å². The molecule has 2 saturated carbocycles. The summed E-state index contributed by atoms with van der Waals surface area (Å²) < 4.78 is 38.9. The van der Waals surface area contributed by atoms with Gasteiger partial charge in [0.05, 0.1) is 33.8 Å². The molecule has 6 atom stereocenters. The van der Waals surface area contributed by atoms with Crippen molar-refractivity contribution in [1.82, 2.24) is 0 Å². The number of alkyl halides is 3. The molecule has 34 heavy (non-hydrogen) atoms. The molecule has 2 aromatic rings. The number of carbonyl (C=O) groups is 3. The number of rotatable bonds is 3. The van der Waals surface area contributed by atoms with Crippen LogP contribution in [-0.4, -0.2) is 17.7 Å². The van der Waals surface area contributed by atoms with Crippen LogP contribution in [0.3, 0.4) is 0 Å². The van der Waals surface area contributed by atoms with Crippen molar-refractivity contribution in [2.24, 2.45) is 35.5 Å². The predicted molar refractivity (Wildman–Crippen MR) is 118 cm³/mol. The molecule has 174 valence electrons. The molecule has 0 aromatic heterocycles. The quantitative estimate of drug-likeness (QED) is 0.481. The summed E-state index contributed by atoms with van der Waals surface area (Å²) in [5, 5.41) is 2.36. The van der Waals surface area contributed by atoms with E-state index in [1.54, 1.807) is 0 Å². The second-order valence-electron chi connectivity index (χ2n) is 9.36. The molecule has 4 aliphatic carbocycles. The predicted octanol–water partition coefficient (Wildman–Crippen LogP) is 5.17. The zero-order valence-corrected chi connectivity index (χ0v) is 18.3. The molecule has 2 aromatic carbocycles. The van der Waals surface area contributed by atoms with Crippen molar-refractivity contribution in [3.8, 4) is 0 Å². The van der Waals surface area contributed by atoms with Crippen molar-refractivity contribution in [3.05, 3.63) is 70.8 Å². The van der Waals surface area contributed by atoms with Crippen LogP contribution in [0, 0.1) is 35.5 Å². The van der Waals surface area contributed by atoms with Gasteiger partial charge >= 0.3 is 6.18 Å². The van der Waals surface area contributed by atoms with Gasteiger partial charge in [-0.2, -0.15) is 13.2 Å². The third kappa shape index (κ3) is 3.11. The van der Waals surface area contributed by atoms with Gasteiger partial charge in [0, 0.05) is 5.56 Å². The van der Waals surface area contributed by atoms with Gasteiger partial charge < -0.3 is 5.32 Å². The van der Waals surface area contributed by atoms with Gasteiger partial charge in [0.2, 0.25) is 11.8 Å². The van der Waals surface area contributed by atoms with Crippen LogP contribution in [0.25, 0.3) is 0 Å². The van der Waals surface area contributed by atoms with Crippen LogP contribution in [0.2, 0.25) is 5.02 Å². The Balaban J connectivity index is 1.22. The second kappa shape index (κ2) is 7.18. The highest BCUT2D eigenvalue weighted by molar-refractivity contribution is 6.34. The summed E-state index contributed by atoms with van der Waals surface area (Å²) in [6, 6.07) is 8.54. The lowest BCUT2D eigenvalue weighted by Crippen LogP contribution is -2.40. The van der Waals surface area contributed by atoms with E-state index in [4.69, 9.17) is 11.6 Å². The number of nitrogens with one attached hydrogen (secondary N) is 1. The van der Waals surface area contributed by atoms with Gasteiger partial charge in [0.1, 0.15) is 0 Å². The van der Waals surface area contributed by atoms with E-state index in [2.05, 4.69) is 17.5 Å². The smallest absolute Gasteiger partial charge is 0.321 e. The van der Waals surface area contributed by atoms with E-state index in [-0.39, 0.29) is 51.8 Å². The van der Waals surface area contributed by atoms with Crippen molar-refractivity contribution in [2.75, 3.05) is 10.2 Å².